The zero-order valence-corrected chi connectivity index (χ0v) is 21.1. The van der Waals surface area contributed by atoms with E-state index >= 15 is 0 Å². The van der Waals surface area contributed by atoms with Gasteiger partial charge in [-0.15, -0.1) is 0 Å². The average molecular weight is 433 g/mol. The first kappa shape index (κ1) is 24.2. The Balaban J connectivity index is 2.35. The molecule has 0 amide bonds. The van der Waals surface area contributed by atoms with E-state index in [0.29, 0.717) is 17.4 Å². The molecule has 0 aromatic heterocycles. The van der Waals surface area contributed by atoms with Crippen LogP contribution in [0.1, 0.15) is 93.7 Å². The Morgan fingerprint density at radius 2 is 1.53 bits per heavy atom. The Morgan fingerprint density at radius 3 is 2.06 bits per heavy atom. The van der Waals surface area contributed by atoms with Gasteiger partial charge < -0.3 is 10.2 Å². The van der Waals surface area contributed by atoms with E-state index in [-0.39, 0.29) is 17.3 Å². The second-order valence-corrected chi connectivity index (χ2v) is 11.1. The van der Waals surface area contributed by atoms with Crippen LogP contribution in [0, 0.1) is 25.7 Å². The van der Waals surface area contributed by atoms with Crippen LogP contribution < -0.4 is 0 Å². The van der Waals surface area contributed by atoms with Gasteiger partial charge in [0.1, 0.15) is 11.5 Å². The summed E-state index contributed by atoms with van der Waals surface area (Å²) >= 11 is 0. The van der Waals surface area contributed by atoms with Gasteiger partial charge >= 0.3 is 0 Å². The lowest BCUT2D eigenvalue weighted by atomic mass is 9.68. The molecule has 0 heterocycles. The van der Waals surface area contributed by atoms with Crippen LogP contribution in [-0.4, -0.2) is 10.2 Å². The molecule has 2 aromatic rings. The molecule has 0 bridgehead atoms. The van der Waals surface area contributed by atoms with E-state index in [1.54, 1.807) is 0 Å². The Hall–Kier alpha value is -2.48. The summed E-state index contributed by atoms with van der Waals surface area (Å²) in [4.78, 5) is 0. The maximum absolute atomic E-state index is 11.6. The topological polar surface area (TPSA) is 40.5 Å². The van der Waals surface area contributed by atoms with Crippen LogP contribution >= 0.6 is 0 Å². The van der Waals surface area contributed by atoms with E-state index in [1.165, 1.54) is 5.57 Å². The second kappa shape index (κ2) is 8.81. The molecular weight excluding hydrogens is 392 g/mol. The van der Waals surface area contributed by atoms with Crippen molar-refractivity contribution in [2.24, 2.45) is 11.8 Å². The highest BCUT2D eigenvalue weighted by Gasteiger charge is 2.36. The van der Waals surface area contributed by atoms with E-state index in [2.05, 4.69) is 79.3 Å². The van der Waals surface area contributed by atoms with Crippen LogP contribution in [-0.2, 0) is 5.41 Å². The Kier molecular flexibility index (Phi) is 6.65. The fraction of sp³-hybridized carbons (Fsp3) is 0.467. The summed E-state index contributed by atoms with van der Waals surface area (Å²) < 4.78 is 0. The Labute approximate surface area is 194 Å². The van der Waals surface area contributed by atoms with Gasteiger partial charge in [0.2, 0.25) is 0 Å². The fourth-order valence-electron chi connectivity index (χ4n) is 5.40. The summed E-state index contributed by atoms with van der Waals surface area (Å²) in [6.07, 6.45) is 4.44. The summed E-state index contributed by atoms with van der Waals surface area (Å²) in [7, 11) is 0. The Bertz CT molecular complexity index is 1070. The minimum absolute atomic E-state index is 0.103. The lowest BCUT2D eigenvalue weighted by molar-refractivity contribution is 0.319. The van der Waals surface area contributed by atoms with Crippen LogP contribution in [0.4, 0.5) is 0 Å². The zero-order chi connectivity index (χ0) is 24.0. The van der Waals surface area contributed by atoms with Gasteiger partial charge in [0.25, 0.3) is 0 Å². The van der Waals surface area contributed by atoms with Gasteiger partial charge in [-0.3, -0.25) is 0 Å². The Morgan fingerprint density at radius 1 is 0.969 bits per heavy atom. The van der Waals surface area contributed by atoms with E-state index < -0.39 is 0 Å². The predicted molar refractivity (Wildman–Crippen MR) is 137 cm³/mol. The smallest absolute Gasteiger partial charge is 0.126 e. The molecule has 3 unspecified atom stereocenters. The number of aromatic hydroxyl groups is 2. The summed E-state index contributed by atoms with van der Waals surface area (Å²) in [5.41, 5.74) is 7.90. The number of hydrogen-bond donors (Lipinski definition) is 2. The van der Waals surface area contributed by atoms with E-state index in [9.17, 15) is 10.2 Å². The number of phenolic OH excluding ortho intramolecular Hbond substituents is 2. The van der Waals surface area contributed by atoms with Crippen molar-refractivity contribution in [3.05, 3.63) is 75.9 Å². The lowest BCUT2D eigenvalue weighted by Gasteiger charge is -2.37. The van der Waals surface area contributed by atoms with E-state index in [1.807, 2.05) is 13.0 Å². The van der Waals surface area contributed by atoms with Crippen molar-refractivity contribution in [3.8, 4) is 11.5 Å². The van der Waals surface area contributed by atoms with Gasteiger partial charge in [-0.2, -0.15) is 0 Å². The monoisotopic (exact) mass is 432 g/mol. The van der Waals surface area contributed by atoms with Crippen molar-refractivity contribution in [1.29, 1.82) is 0 Å². The van der Waals surface area contributed by atoms with Crippen LogP contribution in [0.15, 0.2) is 42.5 Å². The highest BCUT2D eigenvalue weighted by atomic mass is 16.3. The molecule has 0 radical (unpaired) electrons. The third kappa shape index (κ3) is 4.65. The highest BCUT2D eigenvalue weighted by molar-refractivity contribution is 5.70. The quantitative estimate of drug-likeness (QED) is 0.478. The van der Waals surface area contributed by atoms with Crippen molar-refractivity contribution >= 4 is 5.57 Å². The number of hydrogen-bond acceptors (Lipinski definition) is 2. The first-order valence-electron chi connectivity index (χ1n) is 11.8. The summed E-state index contributed by atoms with van der Waals surface area (Å²) in [5.74, 6) is 1.19. The van der Waals surface area contributed by atoms with Gasteiger partial charge in [0.05, 0.1) is 0 Å². The third-order valence-corrected chi connectivity index (χ3v) is 7.03. The van der Waals surface area contributed by atoms with E-state index in [4.69, 9.17) is 0 Å². The van der Waals surface area contributed by atoms with Crippen molar-refractivity contribution in [3.63, 3.8) is 0 Å². The summed E-state index contributed by atoms with van der Waals surface area (Å²) in [6.45, 7) is 21.1. The van der Waals surface area contributed by atoms with Crippen LogP contribution in [0.2, 0.25) is 0 Å². The molecular formula is C30H40O2. The first-order valence-corrected chi connectivity index (χ1v) is 11.8. The maximum atomic E-state index is 11.6. The number of allylic oxidation sites excluding steroid dienone is 3. The molecule has 0 spiro atoms. The molecule has 1 aliphatic rings. The van der Waals surface area contributed by atoms with Gasteiger partial charge in [-0.05, 0) is 80.6 Å². The average Bonchev–Trinajstić information content (AvgIpc) is 2.67. The molecule has 32 heavy (non-hydrogen) atoms. The normalized spacial score (nSPS) is 20.1. The largest absolute Gasteiger partial charge is 0.507 e. The van der Waals surface area contributed by atoms with Crippen molar-refractivity contribution in [2.75, 3.05) is 0 Å². The molecule has 2 N–H and O–H groups in total. The maximum Gasteiger partial charge on any atom is 0.126 e. The fourth-order valence-corrected chi connectivity index (χ4v) is 5.40. The van der Waals surface area contributed by atoms with E-state index in [0.717, 1.165) is 51.8 Å². The second-order valence-electron chi connectivity index (χ2n) is 11.1. The predicted octanol–water partition coefficient (Wildman–Crippen LogP) is 8.17. The van der Waals surface area contributed by atoms with Crippen molar-refractivity contribution in [2.45, 2.75) is 79.6 Å². The minimum Gasteiger partial charge on any atom is -0.507 e. The molecule has 0 aliphatic heterocycles. The highest BCUT2D eigenvalue weighted by Crippen LogP contribution is 2.50. The molecule has 2 aromatic carbocycles. The molecule has 172 valence electrons. The number of benzene rings is 2. The van der Waals surface area contributed by atoms with Crippen LogP contribution in [0.25, 0.3) is 5.57 Å². The van der Waals surface area contributed by atoms with Gasteiger partial charge in [-0.1, -0.05) is 69.7 Å². The first-order chi connectivity index (χ1) is 14.8. The molecule has 0 fully saturated rings. The SMILES string of the molecule is C=C(C)c1cc(C)cc(C(c2cc(C)cc(C(C)(C)C)c2O)C2CCC(C)=CC2C)c1O. The number of phenols is 2. The summed E-state index contributed by atoms with van der Waals surface area (Å²) in [6, 6.07) is 8.32. The van der Waals surface area contributed by atoms with Crippen LogP contribution in [0.5, 0.6) is 11.5 Å². The molecule has 2 nitrogen and oxygen atoms in total. The molecule has 2 heteroatoms. The molecule has 0 saturated heterocycles. The van der Waals surface area contributed by atoms with Gasteiger partial charge in [0, 0.05) is 22.6 Å². The van der Waals surface area contributed by atoms with Gasteiger partial charge in [-0.25, -0.2) is 0 Å². The molecule has 3 atom stereocenters. The van der Waals surface area contributed by atoms with Gasteiger partial charge in [0.15, 0.2) is 0 Å². The third-order valence-electron chi connectivity index (χ3n) is 7.03. The number of aryl methyl sites for hydroxylation is 2. The zero-order valence-electron chi connectivity index (χ0n) is 21.1. The van der Waals surface area contributed by atoms with Crippen molar-refractivity contribution < 1.29 is 10.2 Å². The van der Waals surface area contributed by atoms with Crippen molar-refractivity contribution in [1.82, 2.24) is 0 Å². The standard InChI is InChI=1S/C30H40O2/c1-17(2)23-13-19(4)14-24(28(23)31)27(22-11-10-18(3)12-21(22)6)25-15-20(5)16-26(29(25)32)30(7,8)9/h12-16,21-22,27,31-32H,1,10-11H2,2-9H3. The van der Waals surface area contributed by atoms with Crippen LogP contribution in [0.3, 0.4) is 0 Å². The molecule has 1 aliphatic carbocycles. The lowest BCUT2D eigenvalue weighted by Crippen LogP contribution is -2.25. The number of rotatable bonds is 4. The molecule has 3 rings (SSSR count). The summed E-state index contributed by atoms with van der Waals surface area (Å²) in [5, 5.41) is 23.0. The minimum atomic E-state index is -0.179. The molecule has 0 saturated carbocycles.